The van der Waals surface area contributed by atoms with E-state index in [2.05, 4.69) is 16.0 Å². The summed E-state index contributed by atoms with van der Waals surface area (Å²) in [5.74, 6) is -0.0197. The van der Waals surface area contributed by atoms with Gasteiger partial charge in [-0.1, -0.05) is 18.5 Å². The number of rotatable bonds is 5. The van der Waals surface area contributed by atoms with Crippen molar-refractivity contribution in [1.29, 1.82) is 0 Å². The molecule has 0 spiro atoms. The lowest BCUT2D eigenvalue weighted by Crippen LogP contribution is -2.19. The van der Waals surface area contributed by atoms with Gasteiger partial charge in [-0.15, -0.1) is 0 Å². The van der Waals surface area contributed by atoms with Gasteiger partial charge in [0.1, 0.15) is 0 Å². The Kier molecular flexibility index (Phi) is 6.00. The minimum atomic E-state index is -0.352. The molecule has 0 aromatic heterocycles. The van der Waals surface area contributed by atoms with E-state index in [1.54, 1.807) is 48.5 Å². The zero-order valence-electron chi connectivity index (χ0n) is 12.7. The first-order chi connectivity index (χ1) is 11.1. The van der Waals surface area contributed by atoms with Crippen molar-refractivity contribution < 1.29 is 9.59 Å². The van der Waals surface area contributed by atoms with Crippen LogP contribution in [0, 0.1) is 0 Å². The molecule has 0 heterocycles. The maximum atomic E-state index is 11.9. The molecule has 5 nitrogen and oxygen atoms in total. The summed E-state index contributed by atoms with van der Waals surface area (Å²) >= 11 is 5.79. The lowest BCUT2D eigenvalue weighted by Gasteiger charge is -2.09. The molecule has 0 atom stereocenters. The summed E-state index contributed by atoms with van der Waals surface area (Å²) < 4.78 is 0. The van der Waals surface area contributed by atoms with E-state index < -0.39 is 0 Å². The largest absolute Gasteiger partial charge is 0.326 e. The number of hydrogen-bond acceptors (Lipinski definition) is 2. The van der Waals surface area contributed by atoms with Crippen LogP contribution in [0.2, 0.25) is 5.02 Å². The van der Waals surface area contributed by atoms with Gasteiger partial charge in [-0.2, -0.15) is 0 Å². The Labute approximate surface area is 140 Å². The summed E-state index contributed by atoms with van der Waals surface area (Å²) in [5.41, 5.74) is 1.98. The van der Waals surface area contributed by atoms with E-state index in [0.29, 0.717) is 28.5 Å². The van der Waals surface area contributed by atoms with Crippen molar-refractivity contribution in [1.82, 2.24) is 0 Å². The molecule has 3 N–H and O–H groups in total. The van der Waals surface area contributed by atoms with Crippen molar-refractivity contribution in [3.8, 4) is 0 Å². The van der Waals surface area contributed by atoms with Crippen LogP contribution < -0.4 is 16.0 Å². The van der Waals surface area contributed by atoms with Crippen LogP contribution in [0.5, 0.6) is 0 Å². The normalized spacial score (nSPS) is 10.0. The molecule has 0 aliphatic carbocycles. The molecule has 2 aromatic carbocycles. The molecular formula is C17H18ClN3O2. The van der Waals surface area contributed by atoms with Crippen LogP contribution >= 0.6 is 11.6 Å². The third kappa shape index (κ3) is 5.64. The Morgan fingerprint density at radius 3 is 1.74 bits per heavy atom. The number of hydrogen-bond donors (Lipinski definition) is 3. The van der Waals surface area contributed by atoms with Gasteiger partial charge in [-0.3, -0.25) is 4.79 Å². The Morgan fingerprint density at radius 2 is 1.26 bits per heavy atom. The number of urea groups is 1. The van der Waals surface area contributed by atoms with Crippen molar-refractivity contribution in [3.05, 3.63) is 53.6 Å². The number of nitrogens with one attached hydrogen (secondary N) is 3. The summed E-state index contributed by atoms with van der Waals surface area (Å²) in [5, 5.41) is 8.81. The zero-order valence-corrected chi connectivity index (χ0v) is 13.5. The zero-order chi connectivity index (χ0) is 16.7. The first-order valence-corrected chi connectivity index (χ1v) is 7.68. The van der Waals surface area contributed by atoms with Gasteiger partial charge in [0.25, 0.3) is 0 Å². The van der Waals surface area contributed by atoms with E-state index in [4.69, 9.17) is 11.6 Å². The van der Waals surface area contributed by atoms with Crippen LogP contribution in [0.1, 0.15) is 19.8 Å². The molecule has 0 aliphatic heterocycles. The molecule has 0 fully saturated rings. The molecule has 2 rings (SSSR count). The van der Waals surface area contributed by atoms with Gasteiger partial charge in [-0.25, -0.2) is 4.79 Å². The van der Waals surface area contributed by atoms with Crippen LogP contribution in [0.15, 0.2) is 48.5 Å². The van der Waals surface area contributed by atoms with E-state index >= 15 is 0 Å². The van der Waals surface area contributed by atoms with Crippen molar-refractivity contribution in [2.75, 3.05) is 16.0 Å². The van der Waals surface area contributed by atoms with Crippen LogP contribution in [-0.2, 0) is 4.79 Å². The summed E-state index contributed by atoms with van der Waals surface area (Å²) in [4.78, 5) is 23.4. The van der Waals surface area contributed by atoms with Crippen LogP contribution in [-0.4, -0.2) is 11.9 Å². The minimum Gasteiger partial charge on any atom is -0.326 e. The second kappa shape index (κ2) is 8.19. The van der Waals surface area contributed by atoms with E-state index in [0.717, 1.165) is 6.42 Å². The highest BCUT2D eigenvalue weighted by atomic mass is 35.5. The van der Waals surface area contributed by atoms with E-state index in [-0.39, 0.29) is 11.9 Å². The van der Waals surface area contributed by atoms with Gasteiger partial charge in [0.15, 0.2) is 0 Å². The van der Waals surface area contributed by atoms with Crippen LogP contribution in [0.3, 0.4) is 0 Å². The number of anilines is 3. The lowest BCUT2D eigenvalue weighted by molar-refractivity contribution is -0.116. The second-order valence-electron chi connectivity index (χ2n) is 4.96. The Balaban J connectivity index is 1.88. The highest BCUT2D eigenvalue weighted by molar-refractivity contribution is 6.30. The summed E-state index contributed by atoms with van der Waals surface area (Å²) in [6, 6.07) is 13.4. The van der Waals surface area contributed by atoms with Gasteiger partial charge < -0.3 is 16.0 Å². The van der Waals surface area contributed by atoms with E-state index in [9.17, 15) is 9.59 Å². The fourth-order valence-corrected chi connectivity index (χ4v) is 2.04. The first kappa shape index (κ1) is 16.8. The molecule has 0 bridgehead atoms. The number of carbonyl (C=O) groups excluding carboxylic acids is 2. The second-order valence-corrected chi connectivity index (χ2v) is 5.40. The molecule has 120 valence electrons. The maximum Gasteiger partial charge on any atom is 0.323 e. The fraction of sp³-hybridized carbons (Fsp3) is 0.176. The van der Waals surface area contributed by atoms with Gasteiger partial charge >= 0.3 is 6.03 Å². The van der Waals surface area contributed by atoms with Crippen molar-refractivity contribution in [2.24, 2.45) is 0 Å². The minimum absolute atomic E-state index is 0.0197. The molecule has 0 unspecified atom stereocenters. The predicted octanol–water partition coefficient (Wildman–Crippen LogP) is 4.72. The quantitative estimate of drug-likeness (QED) is 0.741. The molecule has 3 amide bonds. The molecule has 23 heavy (non-hydrogen) atoms. The monoisotopic (exact) mass is 331 g/mol. The van der Waals surface area contributed by atoms with Gasteiger partial charge in [-0.05, 0) is 55.0 Å². The molecule has 0 radical (unpaired) electrons. The molecule has 2 aromatic rings. The van der Waals surface area contributed by atoms with Gasteiger partial charge in [0, 0.05) is 28.5 Å². The van der Waals surface area contributed by atoms with Crippen LogP contribution in [0.4, 0.5) is 21.9 Å². The maximum absolute atomic E-state index is 11.9. The molecule has 6 heteroatoms. The number of carbonyl (C=O) groups is 2. The summed E-state index contributed by atoms with van der Waals surface area (Å²) in [6.45, 7) is 1.95. The number of amides is 3. The SMILES string of the molecule is CCCC(=O)Nc1ccc(NC(=O)Nc2ccc(Cl)cc2)cc1. The average Bonchev–Trinajstić information content (AvgIpc) is 2.52. The first-order valence-electron chi connectivity index (χ1n) is 7.30. The summed E-state index contributed by atoms with van der Waals surface area (Å²) in [6.07, 6.45) is 1.29. The topological polar surface area (TPSA) is 70.2 Å². The smallest absolute Gasteiger partial charge is 0.323 e. The van der Waals surface area contributed by atoms with Gasteiger partial charge in [0.05, 0.1) is 0 Å². The van der Waals surface area contributed by atoms with Gasteiger partial charge in [0.2, 0.25) is 5.91 Å². The molecule has 0 aliphatic rings. The summed E-state index contributed by atoms with van der Waals surface area (Å²) in [7, 11) is 0. The van der Waals surface area contributed by atoms with E-state index in [1.165, 1.54) is 0 Å². The Morgan fingerprint density at radius 1 is 0.826 bits per heavy atom. The highest BCUT2D eigenvalue weighted by Crippen LogP contribution is 2.16. The molecular weight excluding hydrogens is 314 g/mol. The average molecular weight is 332 g/mol. The van der Waals surface area contributed by atoms with Crippen molar-refractivity contribution in [3.63, 3.8) is 0 Å². The highest BCUT2D eigenvalue weighted by Gasteiger charge is 2.04. The predicted molar refractivity (Wildman–Crippen MR) is 94.1 cm³/mol. The molecule has 0 saturated heterocycles. The number of benzene rings is 2. The Bertz CT molecular complexity index is 669. The third-order valence-corrected chi connectivity index (χ3v) is 3.26. The van der Waals surface area contributed by atoms with Crippen molar-refractivity contribution in [2.45, 2.75) is 19.8 Å². The van der Waals surface area contributed by atoms with Crippen LogP contribution in [0.25, 0.3) is 0 Å². The lowest BCUT2D eigenvalue weighted by atomic mass is 10.2. The Hall–Kier alpha value is -2.53. The fourth-order valence-electron chi connectivity index (χ4n) is 1.91. The van der Waals surface area contributed by atoms with Crippen molar-refractivity contribution >= 4 is 40.6 Å². The van der Waals surface area contributed by atoms with E-state index in [1.807, 2.05) is 6.92 Å². The third-order valence-electron chi connectivity index (χ3n) is 3.01. The number of halogens is 1. The molecule has 0 saturated carbocycles. The standard InChI is InChI=1S/C17H18ClN3O2/c1-2-3-16(22)19-13-8-10-15(11-9-13)21-17(23)20-14-6-4-12(18)5-7-14/h4-11H,2-3H2,1H3,(H,19,22)(H2,20,21,23).